The molecule has 26 heavy (non-hydrogen) atoms. The summed E-state index contributed by atoms with van der Waals surface area (Å²) in [4.78, 5) is 11.0. The molecule has 0 saturated heterocycles. The van der Waals surface area contributed by atoms with E-state index in [9.17, 15) is 14.3 Å². The molecule has 1 heterocycles. The van der Waals surface area contributed by atoms with Gasteiger partial charge in [-0.2, -0.15) is 0 Å². The zero-order valence-electron chi connectivity index (χ0n) is 16.2. The van der Waals surface area contributed by atoms with Crippen LogP contribution in [-0.2, 0) is 4.79 Å². The summed E-state index contributed by atoms with van der Waals surface area (Å²) >= 11 is 0. The second-order valence-corrected chi connectivity index (χ2v) is 7.38. The fourth-order valence-corrected chi connectivity index (χ4v) is 3.01. The standard InChI is InChI=1S/C21H27FO4/c1-7-8-25-17-10-18-15(9-14(17)13(4)19(22)20(23)24)16(12(2)3)11-21(5,6)26-18/h9-12H,7-8H2,1-6H3,(H,23,24)/p-1/b19-13+. The van der Waals surface area contributed by atoms with Gasteiger partial charge in [0.1, 0.15) is 28.9 Å². The van der Waals surface area contributed by atoms with E-state index >= 15 is 0 Å². The number of allylic oxidation sites excluding steroid dienone is 2. The first-order valence-corrected chi connectivity index (χ1v) is 8.88. The molecule has 1 aliphatic rings. The van der Waals surface area contributed by atoms with Crippen LogP contribution < -0.4 is 14.6 Å². The second-order valence-electron chi connectivity index (χ2n) is 7.38. The maximum atomic E-state index is 14.0. The van der Waals surface area contributed by atoms with Gasteiger partial charge in [-0.1, -0.05) is 20.8 Å². The van der Waals surface area contributed by atoms with Crippen LogP contribution >= 0.6 is 0 Å². The summed E-state index contributed by atoms with van der Waals surface area (Å²) in [5.74, 6) is -1.85. The molecule has 1 aromatic rings. The van der Waals surface area contributed by atoms with Gasteiger partial charge in [0, 0.05) is 17.2 Å². The molecular weight excluding hydrogens is 335 g/mol. The third-order valence-electron chi connectivity index (χ3n) is 4.27. The summed E-state index contributed by atoms with van der Waals surface area (Å²) in [5.41, 5.74) is 1.79. The lowest BCUT2D eigenvalue weighted by atomic mass is 9.86. The molecule has 0 unspecified atom stereocenters. The van der Waals surface area contributed by atoms with E-state index in [4.69, 9.17) is 9.47 Å². The van der Waals surface area contributed by atoms with Crippen molar-refractivity contribution in [2.45, 2.75) is 53.6 Å². The van der Waals surface area contributed by atoms with Crippen molar-refractivity contribution in [3.63, 3.8) is 0 Å². The monoisotopic (exact) mass is 361 g/mol. The van der Waals surface area contributed by atoms with Crippen molar-refractivity contribution in [2.24, 2.45) is 5.92 Å². The van der Waals surface area contributed by atoms with Crippen LogP contribution in [0.15, 0.2) is 24.0 Å². The molecule has 4 nitrogen and oxygen atoms in total. The van der Waals surface area contributed by atoms with E-state index in [0.717, 1.165) is 17.6 Å². The maximum absolute atomic E-state index is 14.0. The minimum atomic E-state index is -1.83. The summed E-state index contributed by atoms with van der Waals surface area (Å²) in [6.45, 7) is 11.9. The molecule has 0 aliphatic carbocycles. The Labute approximate surface area is 154 Å². The van der Waals surface area contributed by atoms with Crippen molar-refractivity contribution in [3.8, 4) is 11.5 Å². The first kappa shape index (κ1) is 20.0. The van der Waals surface area contributed by atoms with Gasteiger partial charge >= 0.3 is 0 Å². The second kappa shape index (κ2) is 7.52. The molecule has 0 aromatic heterocycles. The molecule has 5 heteroatoms. The lowest BCUT2D eigenvalue weighted by molar-refractivity contribution is -0.301. The number of fused-ring (bicyclic) bond motifs is 1. The molecular formula is C21H26FO4-. The fraction of sp³-hybridized carbons (Fsp3) is 0.476. The van der Waals surface area contributed by atoms with E-state index in [1.165, 1.54) is 6.92 Å². The molecule has 0 N–H and O–H groups in total. The van der Waals surface area contributed by atoms with E-state index in [0.29, 0.717) is 23.7 Å². The number of hydrogen-bond donors (Lipinski definition) is 0. The van der Waals surface area contributed by atoms with Crippen molar-refractivity contribution in [1.29, 1.82) is 0 Å². The molecule has 0 fully saturated rings. The van der Waals surface area contributed by atoms with Crippen molar-refractivity contribution >= 4 is 17.1 Å². The number of carbonyl (C=O) groups excluding carboxylic acids is 1. The van der Waals surface area contributed by atoms with Crippen LogP contribution in [0.4, 0.5) is 4.39 Å². The maximum Gasteiger partial charge on any atom is 0.149 e. The Morgan fingerprint density at radius 2 is 2.00 bits per heavy atom. The number of carbonyl (C=O) groups is 1. The molecule has 1 aliphatic heterocycles. The van der Waals surface area contributed by atoms with E-state index in [1.807, 2.05) is 26.8 Å². The zero-order chi connectivity index (χ0) is 19.6. The highest BCUT2D eigenvalue weighted by Gasteiger charge is 2.29. The number of ether oxygens (including phenoxy) is 2. The topological polar surface area (TPSA) is 58.6 Å². The van der Waals surface area contributed by atoms with Crippen molar-refractivity contribution in [2.75, 3.05) is 6.61 Å². The molecule has 142 valence electrons. The van der Waals surface area contributed by atoms with Gasteiger partial charge in [0.15, 0.2) is 0 Å². The quantitative estimate of drug-likeness (QED) is 0.715. The molecule has 0 atom stereocenters. The first-order chi connectivity index (χ1) is 12.1. The molecule has 0 bridgehead atoms. The van der Waals surface area contributed by atoms with E-state index < -0.39 is 17.4 Å². The van der Waals surface area contributed by atoms with Gasteiger partial charge in [-0.3, -0.25) is 0 Å². The van der Waals surface area contributed by atoms with Gasteiger partial charge < -0.3 is 19.4 Å². The highest BCUT2D eigenvalue weighted by atomic mass is 19.1. The van der Waals surface area contributed by atoms with E-state index in [1.54, 1.807) is 12.1 Å². The van der Waals surface area contributed by atoms with Crippen LogP contribution in [-0.4, -0.2) is 18.2 Å². The molecule has 2 rings (SSSR count). The van der Waals surface area contributed by atoms with Crippen molar-refractivity contribution < 1.29 is 23.8 Å². The molecule has 1 aromatic carbocycles. The predicted molar refractivity (Wildman–Crippen MR) is 98.5 cm³/mol. The van der Waals surface area contributed by atoms with Crippen LogP contribution in [0.5, 0.6) is 11.5 Å². The van der Waals surface area contributed by atoms with Gasteiger partial charge in [0.05, 0.1) is 6.61 Å². The number of halogens is 1. The highest BCUT2D eigenvalue weighted by Crippen LogP contribution is 2.44. The number of carboxylic acids is 1. The van der Waals surface area contributed by atoms with E-state index in [-0.39, 0.29) is 11.5 Å². The number of rotatable bonds is 6. The summed E-state index contributed by atoms with van der Waals surface area (Å²) in [6, 6.07) is 3.47. The third kappa shape index (κ3) is 4.09. The Kier molecular flexibility index (Phi) is 5.79. The number of benzene rings is 1. The summed E-state index contributed by atoms with van der Waals surface area (Å²) in [6.07, 6.45) is 2.82. The zero-order valence-corrected chi connectivity index (χ0v) is 16.2. The minimum absolute atomic E-state index is 0.0214. The fourth-order valence-electron chi connectivity index (χ4n) is 3.01. The Bertz CT molecular complexity index is 772. The van der Waals surface area contributed by atoms with Crippen LogP contribution in [0.3, 0.4) is 0 Å². The lowest BCUT2D eigenvalue weighted by Crippen LogP contribution is -2.30. The number of hydrogen-bond acceptors (Lipinski definition) is 4. The number of carboxylic acid groups (broad SMARTS) is 1. The average molecular weight is 361 g/mol. The molecule has 0 radical (unpaired) electrons. The number of aliphatic carboxylic acids is 1. The SMILES string of the molecule is CCCOc1cc2c(cc1/C(C)=C(/F)C(=O)[O-])C(C(C)C)=CC(C)(C)O2. The van der Waals surface area contributed by atoms with Crippen molar-refractivity contribution in [3.05, 3.63) is 35.2 Å². The largest absolute Gasteiger partial charge is 0.542 e. The highest BCUT2D eigenvalue weighted by molar-refractivity contribution is 5.94. The molecule has 0 saturated carbocycles. The van der Waals surface area contributed by atoms with E-state index in [2.05, 4.69) is 13.8 Å². The summed E-state index contributed by atoms with van der Waals surface area (Å²) in [7, 11) is 0. The smallest absolute Gasteiger partial charge is 0.149 e. The van der Waals surface area contributed by atoms with Gasteiger partial charge in [0.2, 0.25) is 0 Å². The normalized spacial score (nSPS) is 16.4. The van der Waals surface area contributed by atoms with Crippen LogP contribution in [0, 0.1) is 5.92 Å². The first-order valence-electron chi connectivity index (χ1n) is 8.88. The predicted octanol–water partition coefficient (Wildman–Crippen LogP) is 4.14. The Morgan fingerprint density at radius 1 is 1.35 bits per heavy atom. The van der Waals surface area contributed by atoms with Crippen LogP contribution in [0.25, 0.3) is 11.1 Å². The minimum Gasteiger partial charge on any atom is -0.542 e. The van der Waals surface area contributed by atoms with Gasteiger partial charge in [-0.05, 0) is 56.4 Å². The van der Waals surface area contributed by atoms with Crippen LogP contribution in [0.1, 0.15) is 59.1 Å². The van der Waals surface area contributed by atoms with Gasteiger partial charge in [-0.25, -0.2) is 4.39 Å². The lowest BCUT2D eigenvalue weighted by Gasteiger charge is -2.33. The Morgan fingerprint density at radius 3 is 2.54 bits per heavy atom. The third-order valence-corrected chi connectivity index (χ3v) is 4.27. The van der Waals surface area contributed by atoms with Gasteiger partial charge in [-0.15, -0.1) is 0 Å². The molecule has 0 amide bonds. The Hall–Kier alpha value is -2.30. The summed E-state index contributed by atoms with van der Waals surface area (Å²) in [5, 5.41) is 11.0. The average Bonchev–Trinajstić information content (AvgIpc) is 2.56. The Balaban J connectivity index is 2.71. The van der Waals surface area contributed by atoms with Crippen LogP contribution in [0.2, 0.25) is 0 Å². The van der Waals surface area contributed by atoms with Gasteiger partial charge in [0.25, 0.3) is 0 Å². The summed E-state index contributed by atoms with van der Waals surface area (Å²) < 4.78 is 25.9. The molecule has 0 spiro atoms. The van der Waals surface area contributed by atoms with Crippen molar-refractivity contribution in [1.82, 2.24) is 0 Å².